The number of carbonyl (C=O) groups excluding carboxylic acids is 2. The molecule has 0 saturated carbocycles. The maximum atomic E-state index is 12.4. The molecule has 1 atom stereocenters. The molecule has 3 aromatic heterocycles. The van der Waals surface area contributed by atoms with E-state index in [0.717, 1.165) is 15.6 Å². The molecule has 9 heteroatoms. The molecule has 0 aromatic carbocycles. The molecule has 26 heavy (non-hydrogen) atoms. The molecule has 0 spiro atoms. The number of hydrogen-bond donors (Lipinski definition) is 2. The minimum absolute atomic E-state index is 0.0703. The number of imidazole rings is 1. The zero-order valence-electron chi connectivity index (χ0n) is 13.7. The van der Waals surface area contributed by atoms with E-state index in [1.54, 1.807) is 19.2 Å². The quantitative estimate of drug-likeness (QED) is 0.636. The van der Waals surface area contributed by atoms with Crippen molar-refractivity contribution in [1.29, 1.82) is 0 Å². The second-order valence-corrected chi connectivity index (χ2v) is 6.89. The summed E-state index contributed by atoms with van der Waals surface area (Å²) in [6, 6.07) is 3.56. The minimum atomic E-state index is -0.578. The Labute approximate surface area is 156 Å². The van der Waals surface area contributed by atoms with Gasteiger partial charge >= 0.3 is 5.97 Å². The normalized spacial score (nSPS) is 14.6. The van der Waals surface area contributed by atoms with Gasteiger partial charge in [0.25, 0.3) is 0 Å². The number of aryl methyl sites for hydroxylation is 1. The predicted molar refractivity (Wildman–Crippen MR) is 96.6 cm³/mol. The second-order valence-electron chi connectivity index (χ2n) is 5.97. The van der Waals surface area contributed by atoms with Gasteiger partial charge < -0.3 is 15.0 Å². The summed E-state index contributed by atoms with van der Waals surface area (Å²) in [6.07, 6.45) is 3.41. The lowest BCUT2D eigenvalue weighted by molar-refractivity contribution is -0.116. The Hall–Kier alpha value is -2.81. The van der Waals surface area contributed by atoms with E-state index < -0.39 is 12.1 Å². The summed E-state index contributed by atoms with van der Waals surface area (Å²) in [4.78, 5) is 39.6. The van der Waals surface area contributed by atoms with Crippen LogP contribution in [0, 0.1) is 0 Å². The van der Waals surface area contributed by atoms with Gasteiger partial charge in [0.2, 0.25) is 5.91 Å². The van der Waals surface area contributed by atoms with Gasteiger partial charge in [-0.3, -0.25) is 4.79 Å². The number of aromatic amines is 1. The molecule has 132 valence electrons. The number of halogens is 1. The molecule has 0 bridgehead atoms. The number of hydrogen-bond acceptors (Lipinski definition) is 6. The number of fused-ring (bicyclic) bond motifs is 2. The van der Waals surface area contributed by atoms with Gasteiger partial charge in [0.15, 0.2) is 11.8 Å². The van der Waals surface area contributed by atoms with E-state index in [1.165, 1.54) is 6.20 Å². The number of nitrogens with one attached hydrogen (secondary N) is 2. The summed E-state index contributed by atoms with van der Waals surface area (Å²) < 4.78 is 6.33. The maximum Gasteiger partial charge on any atom is 0.340 e. The topological polar surface area (TPSA) is 110 Å². The van der Waals surface area contributed by atoms with Crippen molar-refractivity contribution in [2.45, 2.75) is 25.9 Å². The third-order valence-electron chi connectivity index (χ3n) is 4.07. The first kappa shape index (κ1) is 16.6. The molecule has 0 radical (unpaired) electrons. The van der Waals surface area contributed by atoms with E-state index in [0.29, 0.717) is 35.7 Å². The van der Waals surface area contributed by atoms with Crippen molar-refractivity contribution in [3.8, 4) is 0 Å². The van der Waals surface area contributed by atoms with Crippen LogP contribution in [-0.4, -0.2) is 31.8 Å². The third-order valence-corrected chi connectivity index (χ3v) is 4.51. The molecule has 1 aliphatic heterocycles. The number of amides is 1. The molecule has 1 amide bonds. The van der Waals surface area contributed by atoms with Crippen molar-refractivity contribution in [3.63, 3.8) is 0 Å². The Morgan fingerprint density at radius 2 is 2.12 bits per heavy atom. The van der Waals surface area contributed by atoms with Gasteiger partial charge in [0.1, 0.15) is 11.6 Å². The number of ether oxygens (including phenoxy) is 1. The van der Waals surface area contributed by atoms with Gasteiger partial charge in [-0.1, -0.05) is 0 Å². The van der Waals surface area contributed by atoms with E-state index in [2.05, 4.69) is 41.2 Å². The summed E-state index contributed by atoms with van der Waals surface area (Å²) >= 11 is 3.35. The van der Waals surface area contributed by atoms with Gasteiger partial charge in [0, 0.05) is 23.3 Å². The van der Waals surface area contributed by atoms with Crippen LogP contribution >= 0.6 is 15.9 Å². The Morgan fingerprint density at radius 3 is 2.96 bits per heavy atom. The molecule has 0 aliphatic carbocycles. The minimum Gasteiger partial charge on any atom is -0.451 e. The fourth-order valence-corrected chi connectivity index (χ4v) is 3.07. The Kier molecular flexibility index (Phi) is 4.15. The molecule has 1 aliphatic rings. The van der Waals surface area contributed by atoms with Crippen LogP contribution in [0.1, 0.15) is 41.2 Å². The molecule has 0 saturated heterocycles. The van der Waals surface area contributed by atoms with Gasteiger partial charge in [-0.15, -0.1) is 0 Å². The zero-order chi connectivity index (χ0) is 18.3. The Bertz CT molecular complexity index is 1030. The number of H-pyrrole nitrogens is 1. The summed E-state index contributed by atoms with van der Waals surface area (Å²) in [7, 11) is 0. The first-order valence-corrected chi connectivity index (χ1v) is 8.80. The largest absolute Gasteiger partial charge is 0.451 e. The molecular formula is C17H14BrN5O3. The van der Waals surface area contributed by atoms with Crippen LogP contribution in [0.3, 0.4) is 0 Å². The predicted octanol–water partition coefficient (Wildman–Crippen LogP) is 2.92. The maximum absolute atomic E-state index is 12.4. The molecule has 4 rings (SSSR count). The first-order valence-electron chi connectivity index (χ1n) is 8.00. The average molecular weight is 416 g/mol. The van der Waals surface area contributed by atoms with Crippen LogP contribution in [0.5, 0.6) is 0 Å². The number of aromatic nitrogens is 4. The lowest BCUT2D eigenvalue weighted by Gasteiger charge is -2.16. The van der Waals surface area contributed by atoms with Crippen molar-refractivity contribution in [2.24, 2.45) is 0 Å². The highest BCUT2D eigenvalue weighted by Crippen LogP contribution is 2.24. The van der Waals surface area contributed by atoms with E-state index in [1.807, 2.05) is 6.07 Å². The summed E-state index contributed by atoms with van der Waals surface area (Å²) in [6.45, 7) is 1.73. The summed E-state index contributed by atoms with van der Waals surface area (Å²) in [5.41, 5.74) is 2.47. The molecule has 2 N–H and O–H groups in total. The van der Waals surface area contributed by atoms with Crippen molar-refractivity contribution >= 4 is 44.8 Å². The fraction of sp³-hybridized carbons (Fsp3) is 0.235. The standard InChI is InChI=1S/C17H14BrN5O3/c1-8(14-21-12-5-11(18)7-20-16(12)23-14)26-17(25)10-4-9-2-3-13(24)22-15(9)19-6-10/h4-8H,2-3H2,1H3,(H,19,22,24)(H,20,21,23). The molecule has 0 fully saturated rings. The molecule has 8 nitrogen and oxygen atoms in total. The van der Waals surface area contributed by atoms with Crippen LogP contribution in [0.2, 0.25) is 0 Å². The number of rotatable bonds is 3. The van der Waals surface area contributed by atoms with Gasteiger partial charge in [0.05, 0.1) is 11.1 Å². The summed E-state index contributed by atoms with van der Waals surface area (Å²) in [5, 5.41) is 2.68. The second kappa shape index (κ2) is 6.49. The lowest BCUT2D eigenvalue weighted by atomic mass is 10.1. The molecular weight excluding hydrogens is 402 g/mol. The smallest absolute Gasteiger partial charge is 0.340 e. The number of esters is 1. The molecule has 3 aromatic rings. The van der Waals surface area contributed by atoms with E-state index in [9.17, 15) is 9.59 Å². The van der Waals surface area contributed by atoms with Crippen LogP contribution in [0.15, 0.2) is 29.0 Å². The van der Waals surface area contributed by atoms with Crippen LogP contribution in [0.25, 0.3) is 11.2 Å². The van der Waals surface area contributed by atoms with Crippen LogP contribution in [-0.2, 0) is 16.0 Å². The Balaban J connectivity index is 1.52. The lowest BCUT2D eigenvalue weighted by Crippen LogP contribution is -2.21. The zero-order valence-corrected chi connectivity index (χ0v) is 15.3. The first-order chi connectivity index (χ1) is 12.5. The fourth-order valence-electron chi connectivity index (χ4n) is 2.74. The van der Waals surface area contributed by atoms with Crippen LogP contribution < -0.4 is 5.32 Å². The third kappa shape index (κ3) is 3.17. The SMILES string of the molecule is CC(OC(=O)c1cnc2c(c1)CCC(=O)N2)c1nc2ncc(Br)cc2[nH]1. The summed E-state index contributed by atoms with van der Waals surface area (Å²) in [5.74, 6) is 0.440. The van der Waals surface area contributed by atoms with Crippen molar-refractivity contribution in [2.75, 3.05) is 5.32 Å². The number of carbonyl (C=O) groups is 2. The molecule has 1 unspecified atom stereocenters. The van der Waals surface area contributed by atoms with Gasteiger partial charge in [-0.2, -0.15) is 0 Å². The van der Waals surface area contributed by atoms with Crippen molar-refractivity contribution in [1.82, 2.24) is 19.9 Å². The van der Waals surface area contributed by atoms with Gasteiger partial charge in [-0.25, -0.2) is 19.7 Å². The van der Waals surface area contributed by atoms with E-state index in [-0.39, 0.29) is 5.91 Å². The number of anilines is 1. The van der Waals surface area contributed by atoms with Crippen LogP contribution in [0.4, 0.5) is 5.82 Å². The van der Waals surface area contributed by atoms with Gasteiger partial charge in [-0.05, 0) is 47.0 Å². The van der Waals surface area contributed by atoms with E-state index in [4.69, 9.17) is 4.74 Å². The number of nitrogens with zero attached hydrogens (tertiary/aromatic N) is 3. The van der Waals surface area contributed by atoms with Crippen molar-refractivity contribution in [3.05, 3.63) is 46.0 Å². The average Bonchev–Trinajstić information content (AvgIpc) is 3.04. The highest BCUT2D eigenvalue weighted by molar-refractivity contribution is 9.10. The highest BCUT2D eigenvalue weighted by atomic mass is 79.9. The van der Waals surface area contributed by atoms with E-state index >= 15 is 0 Å². The van der Waals surface area contributed by atoms with Crippen molar-refractivity contribution < 1.29 is 14.3 Å². The Morgan fingerprint density at radius 1 is 1.27 bits per heavy atom. The monoisotopic (exact) mass is 415 g/mol. The highest BCUT2D eigenvalue weighted by Gasteiger charge is 2.21. The molecule has 4 heterocycles. The number of pyridine rings is 2.